The Morgan fingerprint density at radius 3 is 2.19 bits per heavy atom. The molecule has 1 N–H and O–H groups in total. The summed E-state index contributed by atoms with van der Waals surface area (Å²) in [5.74, 6) is 0. The number of hydrogen-bond donors (Lipinski definition) is 1. The number of nitrogens with one attached hydrogen (secondary N) is 1. The molecule has 1 aromatic heterocycles. The first-order valence-corrected chi connectivity index (χ1v) is 5.40. The van der Waals surface area contributed by atoms with Crippen LogP contribution in [-0.2, 0) is 0 Å². The standard InChI is InChI=1S/C14H16N2/c1-10-4-6-14(7-5-10)16-11(2)8-13(9-15)12(16)3/h4-9,15H,1-3H3. The molecule has 0 spiro atoms. The molecule has 0 aliphatic heterocycles. The summed E-state index contributed by atoms with van der Waals surface area (Å²) in [6.07, 6.45) is 1.41. The third-order valence-corrected chi connectivity index (χ3v) is 2.92. The van der Waals surface area contributed by atoms with Crippen molar-refractivity contribution in [2.45, 2.75) is 20.8 Å². The lowest BCUT2D eigenvalue weighted by Gasteiger charge is -2.09. The number of benzene rings is 1. The molecule has 1 heterocycles. The summed E-state index contributed by atoms with van der Waals surface area (Å²) in [6, 6.07) is 10.5. The van der Waals surface area contributed by atoms with Crippen molar-refractivity contribution in [1.82, 2.24) is 4.57 Å². The fourth-order valence-electron chi connectivity index (χ4n) is 2.02. The zero-order valence-corrected chi connectivity index (χ0v) is 9.91. The lowest BCUT2D eigenvalue weighted by Crippen LogP contribution is -1.99. The molecule has 2 nitrogen and oxygen atoms in total. The van der Waals surface area contributed by atoms with E-state index in [-0.39, 0.29) is 0 Å². The Morgan fingerprint density at radius 1 is 1.06 bits per heavy atom. The highest BCUT2D eigenvalue weighted by Gasteiger charge is 2.08. The largest absolute Gasteiger partial charge is 0.318 e. The smallest absolute Gasteiger partial charge is 0.0455 e. The number of nitrogens with zero attached hydrogens (tertiary/aromatic N) is 1. The molecule has 0 radical (unpaired) electrons. The molecule has 2 rings (SSSR count). The van der Waals surface area contributed by atoms with Crippen molar-refractivity contribution in [2.24, 2.45) is 0 Å². The van der Waals surface area contributed by atoms with Gasteiger partial charge in [0.25, 0.3) is 0 Å². The highest BCUT2D eigenvalue weighted by atomic mass is 15.0. The highest BCUT2D eigenvalue weighted by molar-refractivity contribution is 5.79. The summed E-state index contributed by atoms with van der Waals surface area (Å²) in [5.41, 5.74) is 5.70. The zero-order chi connectivity index (χ0) is 11.7. The molecule has 0 fully saturated rings. The van der Waals surface area contributed by atoms with Gasteiger partial charge in [0.05, 0.1) is 0 Å². The van der Waals surface area contributed by atoms with Gasteiger partial charge in [0, 0.05) is 28.9 Å². The highest BCUT2D eigenvalue weighted by Crippen LogP contribution is 2.19. The van der Waals surface area contributed by atoms with E-state index in [4.69, 9.17) is 5.41 Å². The molecule has 0 bridgehead atoms. The third kappa shape index (κ3) is 1.67. The van der Waals surface area contributed by atoms with E-state index in [1.54, 1.807) is 0 Å². The molecule has 0 amide bonds. The van der Waals surface area contributed by atoms with Crippen molar-refractivity contribution in [3.05, 3.63) is 52.8 Å². The van der Waals surface area contributed by atoms with Crippen LogP contribution in [0.15, 0.2) is 30.3 Å². The normalized spacial score (nSPS) is 10.4. The van der Waals surface area contributed by atoms with E-state index in [1.165, 1.54) is 17.5 Å². The molecule has 2 aromatic rings. The second kappa shape index (κ2) is 3.97. The number of rotatable bonds is 2. The molecule has 2 heteroatoms. The van der Waals surface area contributed by atoms with Crippen LogP contribution in [0.1, 0.15) is 22.5 Å². The van der Waals surface area contributed by atoms with Crippen LogP contribution in [0.3, 0.4) is 0 Å². The average molecular weight is 212 g/mol. The Bertz CT molecular complexity index is 518. The van der Waals surface area contributed by atoms with Gasteiger partial charge in [0.2, 0.25) is 0 Å². The van der Waals surface area contributed by atoms with E-state index in [2.05, 4.69) is 42.7 Å². The molecule has 1 aromatic carbocycles. The van der Waals surface area contributed by atoms with Crippen molar-refractivity contribution in [3.63, 3.8) is 0 Å². The summed E-state index contributed by atoms with van der Waals surface area (Å²) in [7, 11) is 0. The summed E-state index contributed by atoms with van der Waals surface area (Å²) < 4.78 is 2.18. The average Bonchev–Trinajstić information content (AvgIpc) is 2.56. The van der Waals surface area contributed by atoms with Gasteiger partial charge in [-0.1, -0.05) is 17.7 Å². The van der Waals surface area contributed by atoms with Crippen molar-refractivity contribution in [3.8, 4) is 5.69 Å². The van der Waals surface area contributed by atoms with E-state index in [9.17, 15) is 0 Å². The minimum absolute atomic E-state index is 0.984. The van der Waals surface area contributed by atoms with Crippen molar-refractivity contribution in [1.29, 1.82) is 5.41 Å². The van der Waals surface area contributed by atoms with Gasteiger partial charge in [-0.05, 0) is 39.0 Å². The zero-order valence-electron chi connectivity index (χ0n) is 9.91. The Labute approximate surface area is 96.1 Å². The van der Waals surface area contributed by atoms with E-state index in [1.807, 2.05) is 13.0 Å². The summed E-state index contributed by atoms with van der Waals surface area (Å²) in [6.45, 7) is 6.20. The Balaban J connectivity index is 2.59. The molecule has 82 valence electrons. The Kier molecular flexibility index (Phi) is 2.65. The predicted molar refractivity (Wildman–Crippen MR) is 67.9 cm³/mol. The first kappa shape index (κ1) is 10.7. The molecule has 0 unspecified atom stereocenters. The maximum absolute atomic E-state index is 7.35. The van der Waals surface area contributed by atoms with E-state index >= 15 is 0 Å². The van der Waals surface area contributed by atoms with Gasteiger partial charge >= 0.3 is 0 Å². The lowest BCUT2D eigenvalue weighted by molar-refractivity contribution is 0.964. The van der Waals surface area contributed by atoms with Crippen LogP contribution in [0.2, 0.25) is 0 Å². The Hall–Kier alpha value is -1.83. The first-order valence-electron chi connectivity index (χ1n) is 5.40. The van der Waals surface area contributed by atoms with Crippen molar-refractivity contribution < 1.29 is 0 Å². The molecular weight excluding hydrogens is 196 g/mol. The first-order chi connectivity index (χ1) is 7.63. The third-order valence-electron chi connectivity index (χ3n) is 2.92. The number of aryl methyl sites for hydroxylation is 2. The fraction of sp³-hybridized carbons (Fsp3) is 0.214. The van der Waals surface area contributed by atoms with Gasteiger partial charge in [0.1, 0.15) is 0 Å². The van der Waals surface area contributed by atoms with Gasteiger partial charge < -0.3 is 9.98 Å². The molecule has 0 saturated carbocycles. The van der Waals surface area contributed by atoms with Crippen LogP contribution in [-0.4, -0.2) is 10.8 Å². The van der Waals surface area contributed by atoms with Crippen LogP contribution in [0.4, 0.5) is 0 Å². The predicted octanol–water partition coefficient (Wildman–Crippen LogP) is 3.40. The van der Waals surface area contributed by atoms with Crippen LogP contribution in [0, 0.1) is 26.2 Å². The lowest BCUT2D eigenvalue weighted by atomic mass is 10.2. The second-order valence-corrected chi connectivity index (χ2v) is 4.14. The molecule has 0 saturated heterocycles. The molecular formula is C14H16N2. The van der Waals surface area contributed by atoms with Crippen molar-refractivity contribution in [2.75, 3.05) is 0 Å². The van der Waals surface area contributed by atoms with Crippen LogP contribution < -0.4 is 0 Å². The van der Waals surface area contributed by atoms with Gasteiger partial charge in [-0.25, -0.2) is 0 Å². The van der Waals surface area contributed by atoms with Crippen LogP contribution >= 0.6 is 0 Å². The quantitative estimate of drug-likeness (QED) is 0.739. The van der Waals surface area contributed by atoms with E-state index < -0.39 is 0 Å². The van der Waals surface area contributed by atoms with E-state index in [0.29, 0.717) is 0 Å². The summed E-state index contributed by atoms with van der Waals surface area (Å²) >= 11 is 0. The van der Waals surface area contributed by atoms with Gasteiger partial charge in [-0.2, -0.15) is 0 Å². The summed E-state index contributed by atoms with van der Waals surface area (Å²) in [4.78, 5) is 0. The maximum atomic E-state index is 7.35. The summed E-state index contributed by atoms with van der Waals surface area (Å²) in [5, 5.41) is 7.35. The van der Waals surface area contributed by atoms with Crippen LogP contribution in [0.25, 0.3) is 5.69 Å². The van der Waals surface area contributed by atoms with Gasteiger partial charge in [-0.15, -0.1) is 0 Å². The number of hydrogen-bond acceptors (Lipinski definition) is 1. The minimum atomic E-state index is 0.984. The molecule has 0 aliphatic rings. The second-order valence-electron chi connectivity index (χ2n) is 4.14. The monoisotopic (exact) mass is 212 g/mol. The van der Waals surface area contributed by atoms with E-state index in [0.717, 1.165) is 16.9 Å². The molecule has 0 atom stereocenters. The molecule has 0 aliphatic carbocycles. The Morgan fingerprint density at radius 2 is 1.69 bits per heavy atom. The SMILES string of the molecule is Cc1ccc(-n2c(C)cc(C=N)c2C)cc1. The number of aromatic nitrogens is 1. The molecule has 16 heavy (non-hydrogen) atoms. The minimum Gasteiger partial charge on any atom is -0.318 e. The van der Waals surface area contributed by atoms with Crippen molar-refractivity contribution >= 4 is 6.21 Å². The topological polar surface area (TPSA) is 28.8 Å². The van der Waals surface area contributed by atoms with Crippen LogP contribution in [0.5, 0.6) is 0 Å². The fourth-order valence-corrected chi connectivity index (χ4v) is 2.02. The maximum Gasteiger partial charge on any atom is 0.0455 e. The van der Waals surface area contributed by atoms with Gasteiger partial charge in [0.15, 0.2) is 0 Å². The van der Waals surface area contributed by atoms with Gasteiger partial charge in [-0.3, -0.25) is 0 Å².